The summed E-state index contributed by atoms with van der Waals surface area (Å²) in [5, 5.41) is 5.76. The van der Waals surface area contributed by atoms with Crippen molar-refractivity contribution in [2.45, 2.75) is 52.6 Å². The van der Waals surface area contributed by atoms with E-state index >= 15 is 0 Å². The van der Waals surface area contributed by atoms with Crippen LogP contribution in [0.2, 0.25) is 0 Å². The average Bonchev–Trinajstić information content (AvgIpc) is 3.35. The summed E-state index contributed by atoms with van der Waals surface area (Å²) in [5.74, 6) is 0. The highest BCUT2D eigenvalue weighted by Gasteiger charge is 2.18. The number of aromatic nitrogens is 5. The van der Waals surface area contributed by atoms with Crippen molar-refractivity contribution >= 4 is 16.5 Å². The minimum Gasteiger partial charge on any atom is -0.348 e. The van der Waals surface area contributed by atoms with Crippen LogP contribution in [-0.4, -0.2) is 37.4 Å². The molecule has 0 aromatic carbocycles. The van der Waals surface area contributed by atoms with E-state index in [2.05, 4.69) is 49.1 Å². The van der Waals surface area contributed by atoms with Crippen LogP contribution in [0.4, 0.5) is 5.13 Å². The van der Waals surface area contributed by atoms with E-state index in [0.29, 0.717) is 0 Å². The molecule has 138 valence electrons. The van der Waals surface area contributed by atoms with Gasteiger partial charge in [0.2, 0.25) is 0 Å². The zero-order valence-electron chi connectivity index (χ0n) is 15.7. The summed E-state index contributed by atoms with van der Waals surface area (Å²) in [6, 6.07) is 2.39. The van der Waals surface area contributed by atoms with Crippen molar-refractivity contribution in [3.05, 3.63) is 36.2 Å². The fraction of sp³-hybridized carbons (Fsp3) is 0.526. The molecule has 1 aliphatic heterocycles. The Labute approximate surface area is 158 Å². The van der Waals surface area contributed by atoms with Crippen molar-refractivity contribution in [2.24, 2.45) is 0 Å². The Morgan fingerprint density at radius 3 is 2.69 bits per heavy atom. The Kier molecular flexibility index (Phi) is 4.80. The van der Waals surface area contributed by atoms with E-state index in [1.54, 1.807) is 11.3 Å². The van der Waals surface area contributed by atoms with Crippen LogP contribution in [0.3, 0.4) is 0 Å². The lowest BCUT2D eigenvalue weighted by molar-refractivity contribution is 0.418. The second kappa shape index (κ2) is 7.23. The predicted molar refractivity (Wildman–Crippen MR) is 106 cm³/mol. The first-order chi connectivity index (χ1) is 12.6. The lowest BCUT2D eigenvalue weighted by Crippen LogP contribution is -2.29. The topological polar surface area (TPSA) is 51.8 Å². The number of hydrogen-bond acceptors (Lipinski definition) is 5. The number of piperidine rings is 1. The Bertz CT molecular complexity index is 870. The van der Waals surface area contributed by atoms with Crippen molar-refractivity contribution in [1.82, 2.24) is 24.3 Å². The Balaban J connectivity index is 1.53. The molecule has 1 saturated heterocycles. The van der Waals surface area contributed by atoms with Crippen LogP contribution in [0.25, 0.3) is 10.6 Å². The fourth-order valence-corrected chi connectivity index (χ4v) is 4.73. The summed E-state index contributed by atoms with van der Waals surface area (Å²) in [4.78, 5) is 12.7. The van der Waals surface area contributed by atoms with Crippen LogP contribution >= 0.6 is 11.3 Å². The van der Waals surface area contributed by atoms with Crippen molar-refractivity contribution in [3.63, 3.8) is 0 Å². The van der Waals surface area contributed by atoms with Gasteiger partial charge in [-0.15, -0.1) is 0 Å². The molecule has 0 bridgehead atoms. The van der Waals surface area contributed by atoms with Gasteiger partial charge in [0.15, 0.2) is 5.13 Å². The first-order valence-electron chi connectivity index (χ1n) is 9.36. The SMILES string of the molecule is Cc1cc(C)n([C@H](C)Cn2cncc2-c2cnc(N3CCCCC3)s2)n1. The third-order valence-electron chi connectivity index (χ3n) is 5.01. The zero-order valence-corrected chi connectivity index (χ0v) is 16.5. The van der Waals surface area contributed by atoms with E-state index in [0.717, 1.165) is 36.2 Å². The van der Waals surface area contributed by atoms with Crippen LogP contribution in [0.15, 0.2) is 24.8 Å². The molecular formula is C19H26N6S. The lowest BCUT2D eigenvalue weighted by atomic mass is 10.1. The molecule has 1 aliphatic rings. The van der Waals surface area contributed by atoms with Crippen LogP contribution in [0.1, 0.15) is 43.6 Å². The van der Waals surface area contributed by atoms with Gasteiger partial charge in [0.05, 0.1) is 34.8 Å². The van der Waals surface area contributed by atoms with E-state index in [4.69, 9.17) is 0 Å². The van der Waals surface area contributed by atoms with E-state index in [1.165, 1.54) is 29.8 Å². The first kappa shape index (κ1) is 17.3. The molecule has 4 heterocycles. The van der Waals surface area contributed by atoms with Crippen LogP contribution in [-0.2, 0) is 6.54 Å². The second-order valence-electron chi connectivity index (χ2n) is 7.21. The van der Waals surface area contributed by atoms with Gasteiger partial charge in [-0.2, -0.15) is 5.10 Å². The molecule has 0 spiro atoms. The summed E-state index contributed by atoms with van der Waals surface area (Å²) >= 11 is 1.77. The number of imidazole rings is 1. The highest BCUT2D eigenvalue weighted by atomic mass is 32.1. The normalized spacial score (nSPS) is 16.2. The highest BCUT2D eigenvalue weighted by molar-refractivity contribution is 7.18. The molecule has 0 amide bonds. The Morgan fingerprint density at radius 2 is 1.96 bits per heavy atom. The molecule has 7 heteroatoms. The van der Waals surface area contributed by atoms with Crippen LogP contribution in [0, 0.1) is 13.8 Å². The largest absolute Gasteiger partial charge is 0.348 e. The number of thiazole rings is 1. The molecule has 0 aliphatic carbocycles. The van der Waals surface area contributed by atoms with Crippen LogP contribution < -0.4 is 4.90 Å². The second-order valence-corrected chi connectivity index (χ2v) is 8.22. The average molecular weight is 371 g/mol. The third kappa shape index (κ3) is 3.40. The van der Waals surface area contributed by atoms with Gasteiger partial charge in [-0.1, -0.05) is 11.3 Å². The van der Waals surface area contributed by atoms with Gasteiger partial charge in [0, 0.05) is 31.5 Å². The molecule has 4 rings (SSSR count). The summed E-state index contributed by atoms with van der Waals surface area (Å²) in [6.45, 7) is 9.45. The van der Waals surface area contributed by atoms with E-state index in [-0.39, 0.29) is 6.04 Å². The van der Waals surface area contributed by atoms with E-state index < -0.39 is 0 Å². The molecular weight excluding hydrogens is 344 g/mol. The molecule has 26 heavy (non-hydrogen) atoms. The Morgan fingerprint density at radius 1 is 1.15 bits per heavy atom. The molecule has 6 nitrogen and oxygen atoms in total. The molecule has 3 aromatic heterocycles. The zero-order chi connectivity index (χ0) is 18.1. The van der Waals surface area contributed by atoms with Crippen molar-refractivity contribution in [1.29, 1.82) is 0 Å². The minimum absolute atomic E-state index is 0.270. The van der Waals surface area contributed by atoms with Crippen molar-refractivity contribution in [3.8, 4) is 10.6 Å². The van der Waals surface area contributed by atoms with E-state index in [9.17, 15) is 0 Å². The standard InChI is InChI=1S/C19H26N6S/c1-14-9-15(2)25(22-14)16(3)12-24-13-20-10-17(24)18-11-21-19(26-18)23-7-5-4-6-8-23/h9-11,13,16H,4-8,12H2,1-3H3/t16-/m1/s1. The lowest BCUT2D eigenvalue weighted by Gasteiger charge is -2.25. The molecule has 0 radical (unpaired) electrons. The molecule has 0 N–H and O–H groups in total. The van der Waals surface area contributed by atoms with Crippen molar-refractivity contribution in [2.75, 3.05) is 18.0 Å². The maximum atomic E-state index is 4.68. The summed E-state index contributed by atoms with van der Waals surface area (Å²) in [6.07, 6.45) is 9.74. The molecule has 3 aromatic rings. The maximum Gasteiger partial charge on any atom is 0.185 e. The number of hydrogen-bond donors (Lipinski definition) is 0. The van der Waals surface area contributed by atoms with Gasteiger partial charge in [-0.25, -0.2) is 9.97 Å². The van der Waals surface area contributed by atoms with Gasteiger partial charge >= 0.3 is 0 Å². The summed E-state index contributed by atoms with van der Waals surface area (Å²) in [5.41, 5.74) is 3.40. The molecule has 0 unspecified atom stereocenters. The number of rotatable bonds is 5. The molecule has 0 saturated carbocycles. The van der Waals surface area contributed by atoms with Gasteiger partial charge in [-0.05, 0) is 46.1 Å². The highest BCUT2D eigenvalue weighted by Crippen LogP contribution is 2.32. The van der Waals surface area contributed by atoms with Gasteiger partial charge in [-0.3, -0.25) is 4.68 Å². The number of aryl methyl sites for hydroxylation is 2. The summed E-state index contributed by atoms with van der Waals surface area (Å²) < 4.78 is 4.32. The number of nitrogens with zero attached hydrogens (tertiary/aromatic N) is 6. The first-order valence-corrected chi connectivity index (χ1v) is 10.2. The Hall–Kier alpha value is -2.15. The van der Waals surface area contributed by atoms with Gasteiger partial charge in [0.1, 0.15) is 0 Å². The molecule has 1 atom stereocenters. The van der Waals surface area contributed by atoms with Gasteiger partial charge < -0.3 is 9.47 Å². The van der Waals surface area contributed by atoms with Crippen molar-refractivity contribution < 1.29 is 0 Å². The monoisotopic (exact) mass is 370 g/mol. The number of anilines is 1. The molecule has 1 fully saturated rings. The van der Waals surface area contributed by atoms with Crippen LogP contribution in [0.5, 0.6) is 0 Å². The van der Waals surface area contributed by atoms with E-state index in [1.807, 2.05) is 25.6 Å². The summed E-state index contributed by atoms with van der Waals surface area (Å²) in [7, 11) is 0. The van der Waals surface area contributed by atoms with Gasteiger partial charge in [0.25, 0.3) is 0 Å². The predicted octanol–water partition coefficient (Wildman–Crippen LogP) is 4.07. The quantitative estimate of drug-likeness (QED) is 0.679. The third-order valence-corrected chi connectivity index (χ3v) is 6.09. The maximum absolute atomic E-state index is 4.68. The minimum atomic E-state index is 0.270. The smallest absolute Gasteiger partial charge is 0.185 e. The fourth-order valence-electron chi connectivity index (χ4n) is 3.74.